The molecule has 0 bridgehead atoms. The molecule has 3 aromatic rings. The number of nitrogens with one attached hydrogen (secondary N) is 1. The van der Waals surface area contributed by atoms with Crippen LogP contribution in [0.2, 0.25) is 0 Å². The molecule has 6 nitrogen and oxygen atoms in total. The summed E-state index contributed by atoms with van der Waals surface area (Å²) in [6.07, 6.45) is 3.19. The van der Waals surface area contributed by atoms with Crippen LogP contribution in [0.3, 0.4) is 0 Å². The summed E-state index contributed by atoms with van der Waals surface area (Å²) < 4.78 is 6.87. The van der Waals surface area contributed by atoms with Crippen molar-refractivity contribution >= 4 is 17.2 Å². The summed E-state index contributed by atoms with van der Waals surface area (Å²) in [5, 5.41) is 6.92. The highest BCUT2D eigenvalue weighted by Gasteiger charge is 2.11. The Morgan fingerprint density at radius 3 is 2.76 bits per heavy atom. The zero-order valence-electron chi connectivity index (χ0n) is 11.5. The van der Waals surface area contributed by atoms with Crippen molar-refractivity contribution in [2.24, 2.45) is 0 Å². The Morgan fingerprint density at radius 2 is 2.00 bits per heavy atom. The van der Waals surface area contributed by atoms with E-state index in [-0.39, 0.29) is 5.91 Å². The molecule has 0 unspecified atom stereocenters. The summed E-state index contributed by atoms with van der Waals surface area (Å²) in [7, 11) is 0. The van der Waals surface area contributed by atoms with Crippen molar-refractivity contribution in [3.8, 4) is 5.75 Å². The number of nitrogens with zero attached hydrogens (tertiary/aromatic N) is 3. The molecule has 0 spiro atoms. The molecule has 0 aliphatic rings. The van der Waals surface area contributed by atoms with Gasteiger partial charge in [0.25, 0.3) is 5.91 Å². The van der Waals surface area contributed by atoms with Gasteiger partial charge in [0.2, 0.25) is 0 Å². The van der Waals surface area contributed by atoms with Crippen LogP contribution in [-0.2, 0) is 0 Å². The summed E-state index contributed by atoms with van der Waals surface area (Å²) >= 11 is 0. The van der Waals surface area contributed by atoms with Crippen LogP contribution in [-0.4, -0.2) is 27.1 Å². The van der Waals surface area contributed by atoms with E-state index in [1.165, 1.54) is 4.52 Å². The van der Waals surface area contributed by atoms with Gasteiger partial charge in [0, 0.05) is 18.0 Å². The van der Waals surface area contributed by atoms with Gasteiger partial charge in [-0.1, -0.05) is 0 Å². The third-order valence-corrected chi connectivity index (χ3v) is 2.95. The summed E-state index contributed by atoms with van der Waals surface area (Å²) in [6.45, 7) is 2.54. The maximum atomic E-state index is 12.3. The average Bonchev–Trinajstić information content (AvgIpc) is 2.98. The highest BCUT2D eigenvalue weighted by Crippen LogP contribution is 2.16. The standard InChI is InChI=1S/C15H14N4O2/c1-2-21-12-5-3-11(4-6-12)18-15(20)13-7-9-16-14-8-10-17-19(13)14/h3-10H,2H2,1H3,(H,18,20). The third kappa shape index (κ3) is 2.69. The minimum absolute atomic E-state index is 0.241. The predicted molar refractivity (Wildman–Crippen MR) is 78.6 cm³/mol. The van der Waals surface area contributed by atoms with Crippen LogP contribution in [0, 0.1) is 0 Å². The Hall–Kier alpha value is -2.89. The first-order valence-electron chi connectivity index (χ1n) is 6.61. The molecule has 6 heteroatoms. The lowest BCUT2D eigenvalue weighted by molar-refractivity contribution is 0.102. The van der Waals surface area contributed by atoms with Gasteiger partial charge in [0.15, 0.2) is 5.65 Å². The van der Waals surface area contributed by atoms with Crippen molar-refractivity contribution in [2.45, 2.75) is 6.92 Å². The van der Waals surface area contributed by atoms with Gasteiger partial charge in [-0.05, 0) is 37.3 Å². The number of anilines is 1. The first-order chi connectivity index (χ1) is 10.3. The molecule has 2 aromatic heterocycles. The Balaban J connectivity index is 1.81. The lowest BCUT2D eigenvalue weighted by Gasteiger charge is -2.08. The minimum atomic E-state index is -0.241. The topological polar surface area (TPSA) is 68.5 Å². The Bertz CT molecular complexity index is 765. The number of hydrogen-bond acceptors (Lipinski definition) is 4. The van der Waals surface area contributed by atoms with Crippen molar-refractivity contribution in [1.29, 1.82) is 0 Å². The van der Waals surface area contributed by atoms with Crippen LogP contribution < -0.4 is 10.1 Å². The first-order valence-corrected chi connectivity index (χ1v) is 6.61. The molecule has 0 radical (unpaired) electrons. The molecule has 21 heavy (non-hydrogen) atoms. The van der Waals surface area contributed by atoms with E-state index >= 15 is 0 Å². The van der Waals surface area contributed by atoms with Crippen molar-refractivity contribution in [3.05, 3.63) is 54.5 Å². The van der Waals surface area contributed by atoms with Crippen LogP contribution in [0.25, 0.3) is 5.65 Å². The highest BCUT2D eigenvalue weighted by molar-refractivity contribution is 6.03. The normalized spacial score (nSPS) is 10.5. The molecule has 0 aliphatic heterocycles. The molecule has 0 aliphatic carbocycles. The molecule has 106 valence electrons. The number of amides is 1. The molecule has 1 amide bonds. The zero-order valence-corrected chi connectivity index (χ0v) is 11.5. The third-order valence-electron chi connectivity index (χ3n) is 2.95. The van der Waals surface area contributed by atoms with Crippen molar-refractivity contribution in [2.75, 3.05) is 11.9 Å². The van der Waals surface area contributed by atoms with Gasteiger partial charge in [-0.3, -0.25) is 4.79 Å². The van der Waals surface area contributed by atoms with E-state index in [0.717, 1.165) is 5.75 Å². The van der Waals surface area contributed by atoms with Gasteiger partial charge in [0.1, 0.15) is 11.4 Å². The predicted octanol–water partition coefficient (Wildman–Crippen LogP) is 2.38. The summed E-state index contributed by atoms with van der Waals surface area (Å²) in [5.74, 6) is 0.532. The van der Waals surface area contributed by atoms with Crippen LogP contribution in [0.15, 0.2) is 48.8 Å². The fourth-order valence-electron chi connectivity index (χ4n) is 2.00. The largest absolute Gasteiger partial charge is 0.494 e. The van der Waals surface area contributed by atoms with E-state index < -0.39 is 0 Å². The quantitative estimate of drug-likeness (QED) is 0.797. The van der Waals surface area contributed by atoms with Gasteiger partial charge in [-0.15, -0.1) is 0 Å². The van der Waals surface area contributed by atoms with E-state index in [9.17, 15) is 4.79 Å². The lowest BCUT2D eigenvalue weighted by Crippen LogP contribution is -2.16. The van der Waals surface area contributed by atoms with Gasteiger partial charge in [-0.2, -0.15) is 5.10 Å². The Morgan fingerprint density at radius 1 is 1.19 bits per heavy atom. The fourth-order valence-corrected chi connectivity index (χ4v) is 2.00. The van der Waals surface area contributed by atoms with Crippen molar-refractivity contribution in [3.63, 3.8) is 0 Å². The van der Waals surface area contributed by atoms with E-state index in [1.807, 2.05) is 19.1 Å². The molecule has 1 N–H and O–H groups in total. The molecule has 0 saturated heterocycles. The summed E-state index contributed by atoms with van der Waals surface area (Å²) in [5.41, 5.74) is 1.76. The molecule has 2 heterocycles. The number of hydrogen-bond donors (Lipinski definition) is 1. The Kier molecular flexibility index (Phi) is 3.51. The van der Waals surface area contributed by atoms with Gasteiger partial charge in [-0.25, -0.2) is 9.50 Å². The number of ether oxygens (including phenoxy) is 1. The monoisotopic (exact) mass is 282 g/mol. The summed E-state index contributed by atoms with van der Waals surface area (Å²) in [6, 6.07) is 10.6. The molecular formula is C15H14N4O2. The van der Waals surface area contributed by atoms with E-state index in [0.29, 0.717) is 23.6 Å². The number of carbonyl (C=O) groups excluding carboxylic acids is 1. The second-order valence-electron chi connectivity index (χ2n) is 4.34. The van der Waals surface area contributed by atoms with Crippen molar-refractivity contribution < 1.29 is 9.53 Å². The molecule has 1 aromatic carbocycles. The van der Waals surface area contributed by atoms with Crippen LogP contribution in [0.1, 0.15) is 17.4 Å². The highest BCUT2D eigenvalue weighted by atomic mass is 16.5. The molecule has 0 saturated carbocycles. The maximum absolute atomic E-state index is 12.3. The van der Waals surface area contributed by atoms with E-state index in [2.05, 4.69) is 15.4 Å². The molecule has 0 atom stereocenters. The van der Waals surface area contributed by atoms with Gasteiger partial charge in [0.05, 0.1) is 12.8 Å². The molecule has 0 fully saturated rings. The number of rotatable bonds is 4. The van der Waals surface area contributed by atoms with E-state index in [4.69, 9.17) is 4.74 Å². The van der Waals surface area contributed by atoms with Crippen molar-refractivity contribution in [1.82, 2.24) is 14.6 Å². The number of fused-ring (bicyclic) bond motifs is 1. The van der Waals surface area contributed by atoms with Crippen LogP contribution in [0.5, 0.6) is 5.75 Å². The van der Waals surface area contributed by atoms with Crippen LogP contribution >= 0.6 is 0 Å². The molecule has 3 rings (SSSR count). The summed E-state index contributed by atoms with van der Waals surface area (Å²) in [4.78, 5) is 16.4. The fraction of sp³-hybridized carbons (Fsp3) is 0.133. The average molecular weight is 282 g/mol. The number of benzene rings is 1. The second-order valence-corrected chi connectivity index (χ2v) is 4.34. The smallest absolute Gasteiger partial charge is 0.274 e. The first kappa shape index (κ1) is 13.1. The zero-order chi connectivity index (χ0) is 14.7. The van der Waals surface area contributed by atoms with Crippen LogP contribution in [0.4, 0.5) is 5.69 Å². The number of aromatic nitrogens is 3. The molecular weight excluding hydrogens is 268 g/mol. The van der Waals surface area contributed by atoms with Gasteiger partial charge < -0.3 is 10.1 Å². The SMILES string of the molecule is CCOc1ccc(NC(=O)c2ccnc3ccnn23)cc1. The van der Waals surface area contributed by atoms with Gasteiger partial charge >= 0.3 is 0 Å². The Labute approximate surface area is 121 Å². The number of carbonyl (C=O) groups is 1. The van der Waals surface area contributed by atoms with E-state index in [1.54, 1.807) is 36.7 Å². The lowest BCUT2D eigenvalue weighted by atomic mass is 10.3. The maximum Gasteiger partial charge on any atom is 0.274 e. The second kappa shape index (κ2) is 5.62. The minimum Gasteiger partial charge on any atom is -0.494 e.